The Labute approximate surface area is 109 Å². The average molecular weight is 250 g/mol. The van der Waals surface area contributed by atoms with Gasteiger partial charge >= 0.3 is 0 Å². The summed E-state index contributed by atoms with van der Waals surface area (Å²) in [5.41, 5.74) is 6.85. The van der Waals surface area contributed by atoms with Gasteiger partial charge in [-0.25, -0.2) is 0 Å². The van der Waals surface area contributed by atoms with E-state index in [0.29, 0.717) is 26.1 Å². The lowest BCUT2D eigenvalue weighted by Crippen LogP contribution is -2.39. The number of benzene rings is 1. The van der Waals surface area contributed by atoms with E-state index in [1.54, 1.807) is 19.1 Å². The topological polar surface area (TPSA) is 55.6 Å². The third-order valence-electron chi connectivity index (χ3n) is 2.97. The van der Waals surface area contributed by atoms with E-state index in [2.05, 4.69) is 0 Å². The van der Waals surface area contributed by atoms with Crippen LogP contribution < -0.4 is 5.73 Å². The number of methoxy groups -OCH3 is 1. The van der Waals surface area contributed by atoms with Crippen LogP contribution in [0.3, 0.4) is 0 Å². The van der Waals surface area contributed by atoms with Gasteiger partial charge in [0, 0.05) is 27.2 Å². The number of hydrogen-bond acceptors (Lipinski definition) is 3. The Balaban J connectivity index is 2.57. The van der Waals surface area contributed by atoms with E-state index >= 15 is 0 Å². The molecule has 0 aromatic heterocycles. The molecule has 0 spiro atoms. The van der Waals surface area contributed by atoms with Gasteiger partial charge in [-0.15, -0.1) is 0 Å². The lowest BCUT2D eigenvalue weighted by Gasteiger charge is -2.22. The van der Waals surface area contributed by atoms with E-state index in [0.717, 1.165) is 5.56 Å². The minimum absolute atomic E-state index is 0.0819. The Morgan fingerprint density at radius 2 is 2.06 bits per heavy atom. The van der Waals surface area contributed by atoms with Crippen molar-refractivity contribution in [1.29, 1.82) is 0 Å². The Morgan fingerprint density at radius 1 is 1.39 bits per heavy atom. The van der Waals surface area contributed by atoms with Crippen LogP contribution in [-0.2, 0) is 16.0 Å². The maximum atomic E-state index is 12.2. The number of ether oxygens (including phenoxy) is 1. The molecule has 2 N–H and O–H groups in total. The second-order valence-corrected chi connectivity index (χ2v) is 4.37. The summed E-state index contributed by atoms with van der Waals surface area (Å²) in [6.45, 7) is 1.51. The van der Waals surface area contributed by atoms with Gasteiger partial charge in [0.2, 0.25) is 5.91 Å². The highest BCUT2D eigenvalue weighted by Gasteiger charge is 2.20. The molecule has 0 heterocycles. The summed E-state index contributed by atoms with van der Waals surface area (Å²) in [5, 5.41) is 0. The molecule has 0 radical (unpaired) electrons. The highest BCUT2D eigenvalue weighted by molar-refractivity contribution is 5.79. The standard InChI is InChI=1S/C14H22N2O2/c1-16(8-9-18-2)14(17)13(11-15)10-12-6-4-3-5-7-12/h3-7,13H,8-11,15H2,1-2H3. The summed E-state index contributed by atoms with van der Waals surface area (Å²) >= 11 is 0. The van der Waals surface area contributed by atoms with E-state index in [1.165, 1.54) is 0 Å². The number of nitrogens with zero attached hydrogens (tertiary/aromatic N) is 1. The fraction of sp³-hybridized carbons (Fsp3) is 0.500. The first kappa shape index (κ1) is 14.7. The number of carbonyl (C=O) groups is 1. The third-order valence-corrected chi connectivity index (χ3v) is 2.97. The van der Waals surface area contributed by atoms with Gasteiger partial charge in [0.25, 0.3) is 0 Å². The van der Waals surface area contributed by atoms with Crippen LogP contribution in [0, 0.1) is 5.92 Å². The van der Waals surface area contributed by atoms with Gasteiger partial charge < -0.3 is 15.4 Å². The molecule has 0 saturated carbocycles. The molecule has 1 unspecified atom stereocenters. The molecule has 1 aromatic carbocycles. The van der Waals surface area contributed by atoms with Crippen LogP contribution in [0.2, 0.25) is 0 Å². The molecule has 4 nitrogen and oxygen atoms in total. The zero-order chi connectivity index (χ0) is 13.4. The quantitative estimate of drug-likeness (QED) is 0.782. The van der Waals surface area contributed by atoms with Crippen molar-refractivity contribution in [3.63, 3.8) is 0 Å². The zero-order valence-electron chi connectivity index (χ0n) is 11.1. The summed E-state index contributed by atoms with van der Waals surface area (Å²) in [6, 6.07) is 9.95. The normalized spacial score (nSPS) is 12.2. The number of carbonyl (C=O) groups excluding carboxylic acids is 1. The van der Waals surface area contributed by atoms with Crippen LogP contribution >= 0.6 is 0 Å². The number of rotatable bonds is 7. The number of likely N-dealkylation sites (N-methyl/N-ethyl adjacent to an activating group) is 1. The lowest BCUT2D eigenvalue weighted by atomic mass is 9.98. The first-order valence-corrected chi connectivity index (χ1v) is 6.17. The Kier molecular flexibility index (Phi) is 6.39. The summed E-state index contributed by atoms with van der Waals surface area (Å²) in [6.07, 6.45) is 0.688. The first-order valence-electron chi connectivity index (χ1n) is 6.17. The van der Waals surface area contributed by atoms with Crippen molar-refractivity contribution < 1.29 is 9.53 Å². The lowest BCUT2D eigenvalue weighted by molar-refractivity contribution is -0.134. The molecular weight excluding hydrogens is 228 g/mol. The molecule has 0 aliphatic heterocycles. The van der Waals surface area contributed by atoms with Gasteiger partial charge in [-0.2, -0.15) is 0 Å². The molecule has 4 heteroatoms. The van der Waals surface area contributed by atoms with E-state index in [9.17, 15) is 4.79 Å². The van der Waals surface area contributed by atoms with Crippen LogP contribution in [0.1, 0.15) is 5.56 Å². The van der Waals surface area contributed by atoms with Crippen molar-refractivity contribution in [2.24, 2.45) is 11.7 Å². The molecular formula is C14H22N2O2. The van der Waals surface area contributed by atoms with E-state index < -0.39 is 0 Å². The summed E-state index contributed by atoms with van der Waals surface area (Å²) in [5.74, 6) is -0.0762. The molecule has 100 valence electrons. The molecule has 1 rings (SSSR count). The second kappa shape index (κ2) is 7.84. The van der Waals surface area contributed by atoms with Crippen molar-refractivity contribution >= 4 is 5.91 Å². The smallest absolute Gasteiger partial charge is 0.227 e. The molecule has 1 atom stereocenters. The molecule has 0 aliphatic rings. The number of hydrogen-bond donors (Lipinski definition) is 1. The number of amides is 1. The monoisotopic (exact) mass is 250 g/mol. The Bertz CT molecular complexity index is 354. The van der Waals surface area contributed by atoms with Crippen LogP contribution in [0.5, 0.6) is 0 Å². The molecule has 1 aromatic rings. The second-order valence-electron chi connectivity index (χ2n) is 4.37. The predicted octanol–water partition coefficient (Wildman–Crippen LogP) is 0.909. The van der Waals surface area contributed by atoms with E-state index in [-0.39, 0.29) is 11.8 Å². The highest BCUT2D eigenvalue weighted by atomic mass is 16.5. The fourth-order valence-corrected chi connectivity index (χ4v) is 1.82. The van der Waals surface area contributed by atoms with Crippen molar-refractivity contribution in [3.8, 4) is 0 Å². The Hall–Kier alpha value is -1.39. The van der Waals surface area contributed by atoms with Gasteiger partial charge in [-0.3, -0.25) is 4.79 Å². The van der Waals surface area contributed by atoms with Gasteiger partial charge in [0.15, 0.2) is 0 Å². The van der Waals surface area contributed by atoms with Gasteiger partial charge in [0.1, 0.15) is 0 Å². The van der Waals surface area contributed by atoms with Crippen molar-refractivity contribution in [2.75, 3.05) is 33.9 Å². The van der Waals surface area contributed by atoms with Crippen LogP contribution in [0.15, 0.2) is 30.3 Å². The molecule has 18 heavy (non-hydrogen) atoms. The maximum absolute atomic E-state index is 12.2. The summed E-state index contributed by atoms with van der Waals surface area (Å²) in [4.78, 5) is 13.9. The Morgan fingerprint density at radius 3 is 2.61 bits per heavy atom. The highest BCUT2D eigenvalue weighted by Crippen LogP contribution is 2.10. The molecule has 0 bridgehead atoms. The third kappa shape index (κ3) is 4.47. The minimum atomic E-state index is -0.158. The summed E-state index contributed by atoms with van der Waals surface area (Å²) < 4.78 is 4.97. The minimum Gasteiger partial charge on any atom is -0.383 e. The van der Waals surface area contributed by atoms with Gasteiger partial charge in [0.05, 0.1) is 12.5 Å². The maximum Gasteiger partial charge on any atom is 0.227 e. The van der Waals surface area contributed by atoms with Crippen molar-refractivity contribution in [2.45, 2.75) is 6.42 Å². The van der Waals surface area contributed by atoms with E-state index in [1.807, 2.05) is 30.3 Å². The van der Waals surface area contributed by atoms with Crippen LogP contribution in [0.4, 0.5) is 0 Å². The van der Waals surface area contributed by atoms with Gasteiger partial charge in [-0.05, 0) is 12.0 Å². The van der Waals surface area contributed by atoms with E-state index in [4.69, 9.17) is 10.5 Å². The molecule has 0 fully saturated rings. The summed E-state index contributed by atoms with van der Waals surface area (Å²) in [7, 11) is 3.41. The van der Waals surface area contributed by atoms with Gasteiger partial charge in [-0.1, -0.05) is 30.3 Å². The van der Waals surface area contributed by atoms with Crippen LogP contribution in [-0.4, -0.2) is 44.7 Å². The predicted molar refractivity (Wildman–Crippen MR) is 72.2 cm³/mol. The molecule has 1 amide bonds. The van der Waals surface area contributed by atoms with Crippen molar-refractivity contribution in [3.05, 3.63) is 35.9 Å². The zero-order valence-corrected chi connectivity index (χ0v) is 11.1. The molecule has 0 aliphatic carbocycles. The largest absolute Gasteiger partial charge is 0.383 e. The first-order chi connectivity index (χ1) is 8.69. The SMILES string of the molecule is COCCN(C)C(=O)C(CN)Cc1ccccc1. The van der Waals surface area contributed by atoms with Crippen LogP contribution in [0.25, 0.3) is 0 Å². The average Bonchev–Trinajstić information content (AvgIpc) is 2.42. The number of nitrogens with two attached hydrogens (primary N) is 1. The molecule has 0 saturated heterocycles. The fourth-order valence-electron chi connectivity index (χ4n) is 1.82. The van der Waals surface area contributed by atoms with Crippen molar-refractivity contribution in [1.82, 2.24) is 4.90 Å².